The number of rotatable bonds is 5. The van der Waals surface area contributed by atoms with E-state index in [4.69, 9.17) is 0 Å². The number of hydrogen-bond acceptors (Lipinski definition) is 2. The summed E-state index contributed by atoms with van der Waals surface area (Å²) in [5.41, 5.74) is 3.48. The second-order valence-corrected chi connectivity index (χ2v) is 5.82. The molecule has 0 fully saturated rings. The zero-order chi connectivity index (χ0) is 17.7. The molecule has 0 aliphatic heterocycles. The Morgan fingerprint density at radius 2 is 1.62 bits per heavy atom. The number of nitrogens with zero attached hydrogens (tertiary/aromatic N) is 1. The van der Waals surface area contributed by atoms with Crippen molar-refractivity contribution in [3.63, 3.8) is 0 Å². The lowest BCUT2D eigenvalue weighted by Crippen LogP contribution is -2.36. The van der Waals surface area contributed by atoms with Gasteiger partial charge in [0.15, 0.2) is 0 Å². The van der Waals surface area contributed by atoms with Crippen LogP contribution in [0.3, 0.4) is 0 Å². The highest BCUT2D eigenvalue weighted by atomic mass is 19.1. The van der Waals surface area contributed by atoms with E-state index in [1.807, 2.05) is 32.0 Å². The molecular weight excluding hydrogens is 307 g/mol. The SMILES string of the molecule is CC(=O)N(CC(=O)Nc1c(C)cccc1C)Cc1ccc(F)cc1. The van der Waals surface area contributed by atoms with Crippen LogP contribution in [0.4, 0.5) is 10.1 Å². The highest BCUT2D eigenvalue weighted by molar-refractivity contribution is 5.95. The molecule has 0 bridgehead atoms. The average Bonchev–Trinajstić information content (AvgIpc) is 2.52. The molecule has 0 heterocycles. The monoisotopic (exact) mass is 328 g/mol. The maximum atomic E-state index is 13.0. The van der Waals surface area contributed by atoms with Gasteiger partial charge in [-0.15, -0.1) is 0 Å². The van der Waals surface area contributed by atoms with Gasteiger partial charge in [0.05, 0.1) is 0 Å². The van der Waals surface area contributed by atoms with Gasteiger partial charge in [-0.25, -0.2) is 4.39 Å². The molecule has 0 radical (unpaired) electrons. The van der Waals surface area contributed by atoms with Crippen molar-refractivity contribution in [3.8, 4) is 0 Å². The minimum absolute atomic E-state index is 0.0551. The number of benzene rings is 2. The molecule has 5 heteroatoms. The minimum atomic E-state index is -0.333. The third-order valence-electron chi connectivity index (χ3n) is 3.81. The fourth-order valence-corrected chi connectivity index (χ4v) is 2.45. The van der Waals surface area contributed by atoms with E-state index < -0.39 is 0 Å². The van der Waals surface area contributed by atoms with Gasteiger partial charge in [-0.1, -0.05) is 30.3 Å². The van der Waals surface area contributed by atoms with Gasteiger partial charge < -0.3 is 10.2 Å². The number of nitrogens with one attached hydrogen (secondary N) is 1. The van der Waals surface area contributed by atoms with Gasteiger partial charge in [0.25, 0.3) is 0 Å². The van der Waals surface area contributed by atoms with Crippen molar-refractivity contribution in [2.24, 2.45) is 0 Å². The molecule has 0 spiro atoms. The van der Waals surface area contributed by atoms with Crippen molar-refractivity contribution in [2.45, 2.75) is 27.3 Å². The van der Waals surface area contributed by atoms with Crippen LogP contribution in [-0.2, 0) is 16.1 Å². The molecule has 0 aliphatic rings. The standard InChI is InChI=1S/C19H21FN2O2/c1-13-5-4-6-14(2)19(13)21-18(24)12-22(15(3)23)11-16-7-9-17(20)10-8-16/h4-10H,11-12H2,1-3H3,(H,21,24). The van der Waals surface area contributed by atoms with Crippen LogP contribution in [0.5, 0.6) is 0 Å². The van der Waals surface area contributed by atoms with Gasteiger partial charge in [-0.05, 0) is 42.7 Å². The molecule has 2 amide bonds. The van der Waals surface area contributed by atoms with Crippen LogP contribution in [0.15, 0.2) is 42.5 Å². The number of aryl methyl sites for hydroxylation is 2. The van der Waals surface area contributed by atoms with Crippen LogP contribution >= 0.6 is 0 Å². The average molecular weight is 328 g/mol. The molecule has 0 aliphatic carbocycles. The summed E-state index contributed by atoms with van der Waals surface area (Å²) in [4.78, 5) is 25.5. The normalized spacial score (nSPS) is 10.3. The first-order valence-electron chi connectivity index (χ1n) is 7.73. The van der Waals surface area contributed by atoms with Crippen molar-refractivity contribution in [2.75, 3.05) is 11.9 Å². The summed E-state index contributed by atoms with van der Waals surface area (Å²) >= 11 is 0. The first kappa shape index (κ1) is 17.7. The van der Waals surface area contributed by atoms with E-state index in [1.54, 1.807) is 12.1 Å². The number of para-hydroxylation sites is 1. The van der Waals surface area contributed by atoms with E-state index in [2.05, 4.69) is 5.32 Å². The molecule has 126 valence electrons. The number of anilines is 1. The molecular formula is C19H21FN2O2. The lowest BCUT2D eigenvalue weighted by Gasteiger charge is -2.21. The zero-order valence-corrected chi connectivity index (χ0v) is 14.1. The van der Waals surface area contributed by atoms with E-state index in [1.165, 1.54) is 24.0 Å². The third-order valence-corrected chi connectivity index (χ3v) is 3.81. The molecule has 0 saturated heterocycles. The predicted octanol–water partition coefficient (Wildman–Crippen LogP) is 3.43. The molecule has 0 atom stereocenters. The lowest BCUT2D eigenvalue weighted by atomic mass is 10.1. The lowest BCUT2D eigenvalue weighted by molar-refractivity contribution is -0.133. The quantitative estimate of drug-likeness (QED) is 0.914. The van der Waals surface area contributed by atoms with Gasteiger partial charge in [0.2, 0.25) is 11.8 Å². The highest BCUT2D eigenvalue weighted by Gasteiger charge is 2.15. The van der Waals surface area contributed by atoms with Crippen LogP contribution in [0.2, 0.25) is 0 Å². The molecule has 0 unspecified atom stereocenters. The smallest absolute Gasteiger partial charge is 0.244 e. The second-order valence-electron chi connectivity index (χ2n) is 5.82. The Morgan fingerprint density at radius 3 is 2.17 bits per heavy atom. The summed E-state index contributed by atoms with van der Waals surface area (Å²) < 4.78 is 13.0. The summed E-state index contributed by atoms with van der Waals surface area (Å²) in [6.45, 7) is 5.46. The number of carbonyl (C=O) groups excluding carboxylic acids is 2. The number of carbonyl (C=O) groups is 2. The van der Waals surface area contributed by atoms with Crippen LogP contribution in [0.1, 0.15) is 23.6 Å². The third kappa shape index (κ3) is 4.65. The summed E-state index contributed by atoms with van der Waals surface area (Å²) in [5.74, 6) is -0.804. The van der Waals surface area contributed by atoms with Crippen molar-refractivity contribution in [3.05, 3.63) is 65.0 Å². The van der Waals surface area contributed by atoms with Crippen LogP contribution in [0.25, 0.3) is 0 Å². The minimum Gasteiger partial charge on any atom is -0.329 e. The largest absolute Gasteiger partial charge is 0.329 e. The van der Waals surface area contributed by atoms with Crippen molar-refractivity contribution < 1.29 is 14.0 Å². The maximum Gasteiger partial charge on any atom is 0.244 e. The van der Waals surface area contributed by atoms with Crippen LogP contribution in [-0.4, -0.2) is 23.3 Å². The van der Waals surface area contributed by atoms with Crippen molar-refractivity contribution >= 4 is 17.5 Å². The highest BCUT2D eigenvalue weighted by Crippen LogP contribution is 2.19. The van der Waals surface area contributed by atoms with Crippen LogP contribution in [0, 0.1) is 19.7 Å². The summed E-state index contributed by atoms with van der Waals surface area (Å²) in [6.07, 6.45) is 0. The van der Waals surface area contributed by atoms with Gasteiger partial charge in [0.1, 0.15) is 12.4 Å². The first-order valence-corrected chi connectivity index (χ1v) is 7.73. The van der Waals surface area contributed by atoms with Crippen molar-refractivity contribution in [1.29, 1.82) is 0 Å². The summed E-state index contributed by atoms with van der Waals surface area (Å²) in [5, 5.41) is 2.87. The van der Waals surface area contributed by atoms with Crippen molar-refractivity contribution in [1.82, 2.24) is 4.90 Å². The molecule has 4 nitrogen and oxygen atoms in total. The predicted molar refractivity (Wildman–Crippen MR) is 92.0 cm³/mol. The van der Waals surface area contributed by atoms with E-state index in [0.29, 0.717) is 0 Å². The molecule has 2 aromatic carbocycles. The molecule has 0 saturated carbocycles. The number of halogens is 1. The Hall–Kier alpha value is -2.69. The van der Waals surface area contributed by atoms with E-state index in [0.717, 1.165) is 22.4 Å². The second kappa shape index (κ2) is 7.73. The Bertz CT molecular complexity index is 721. The maximum absolute atomic E-state index is 13.0. The Morgan fingerprint density at radius 1 is 1.04 bits per heavy atom. The Kier molecular flexibility index (Phi) is 5.68. The summed E-state index contributed by atoms with van der Waals surface area (Å²) in [7, 11) is 0. The summed E-state index contributed by atoms with van der Waals surface area (Å²) in [6, 6.07) is 11.7. The molecule has 0 aromatic heterocycles. The topological polar surface area (TPSA) is 49.4 Å². The number of amides is 2. The molecule has 24 heavy (non-hydrogen) atoms. The first-order chi connectivity index (χ1) is 11.4. The van der Waals surface area contributed by atoms with Gasteiger partial charge in [0, 0.05) is 19.2 Å². The van der Waals surface area contributed by atoms with E-state index in [-0.39, 0.29) is 30.7 Å². The Labute approximate surface area is 141 Å². The van der Waals surface area contributed by atoms with Gasteiger partial charge in [-0.2, -0.15) is 0 Å². The van der Waals surface area contributed by atoms with Gasteiger partial charge in [-0.3, -0.25) is 9.59 Å². The molecule has 1 N–H and O–H groups in total. The van der Waals surface area contributed by atoms with E-state index in [9.17, 15) is 14.0 Å². The fourth-order valence-electron chi connectivity index (χ4n) is 2.45. The molecule has 2 rings (SSSR count). The fraction of sp³-hybridized carbons (Fsp3) is 0.263. The van der Waals surface area contributed by atoms with Gasteiger partial charge >= 0.3 is 0 Å². The van der Waals surface area contributed by atoms with Crippen LogP contribution < -0.4 is 5.32 Å². The Balaban J connectivity index is 2.06. The zero-order valence-electron chi connectivity index (χ0n) is 14.1. The molecule has 2 aromatic rings. The number of hydrogen-bond donors (Lipinski definition) is 1. The van der Waals surface area contributed by atoms with E-state index >= 15 is 0 Å².